The van der Waals surface area contributed by atoms with Gasteiger partial charge in [0.15, 0.2) is 8.68 Å². The number of carbonyl (C=O) groups is 1. The summed E-state index contributed by atoms with van der Waals surface area (Å²) in [5, 5.41) is 10.9. The Hall–Kier alpha value is -2.03. The molecule has 0 aliphatic rings. The Morgan fingerprint density at radius 2 is 1.81 bits per heavy atom. The minimum atomic E-state index is -0.0751. The fourth-order valence-electron chi connectivity index (χ4n) is 2.04. The van der Waals surface area contributed by atoms with E-state index in [1.807, 2.05) is 60.9 Å². The van der Waals surface area contributed by atoms with Crippen molar-refractivity contribution in [3.8, 4) is 5.75 Å². The van der Waals surface area contributed by atoms with Gasteiger partial charge in [0.25, 0.3) is 0 Å². The third-order valence-corrected chi connectivity index (χ3v) is 6.31. The molecule has 0 radical (unpaired) electrons. The molecule has 5 nitrogen and oxygen atoms in total. The molecule has 0 bridgehead atoms. The lowest BCUT2D eigenvalue weighted by Crippen LogP contribution is -2.13. The lowest BCUT2D eigenvalue weighted by molar-refractivity contribution is -0.113. The van der Waals surface area contributed by atoms with Crippen LogP contribution in [0.25, 0.3) is 0 Å². The SMILES string of the molecule is CSc1nnc(SCC(=O)Nc2ccc(OCc3ccccc3)cc2)s1. The first kappa shape index (κ1) is 18.8. The summed E-state index contributed by atoms with van der Waals surface area (Å²) in [5.41, 5.74) is 1.85. The molecule has 0 atom stereocenters. The van der Waals surface area contributed by atoms with E-state index in [0.717, 1.165) is 25.7 Å². The van der Waals surface area contributed by atoms with Crippen molar-refractivity contribution in [2.75, 3.05) is 17.3 Å². The molecule has 26 heavy (non-hydrogen) atoms. The molecular weight excluding hydrogens is 386 g/mol. The van der Waals surface area contributed by atoms with Gasteiger partial charge in [0, 0.05) is 5.69 Å². The van der Waals surface area contributed by atoms with Gasteiger partial charge in [-0.2, -0.15) is 0 Å². The van der Waals surface area contributed by atoms with E-state index >= 15 is 0 Å². The molecule has 0 fully saturated rings. The molecular formula is C18H17N3O2S3. The molecule has 3 rings (SSSR count). The van der Waals surface area contributed by atoms with E-state index in [9.17, 15) is 4.79 Å². The number of nitrogens with one attached hydrogen (secondary N) is 1. The number of amides is 1. The van der Waals surface area contributed by atoms with Crippen molar-refractivity contribution in [1.29, 1.82) is 0 Å². The monoisotopic (exact) mass is 403 g/mol. The molecule has 3 aromatic rings. The number of rotatable bonds is 8. The van der Waals surface area contributed by atoms with Crippen LogP contribution < -0.4 is 10.1 Å². The molecule has 8 heteroatoms. The average molecular weight is 404 g/mol. The zero-order valence-electron chi connectivity index (χ0n) is 14.0. The number of nitrogens with zero attached hydrogens (tertiary/aromatic N) is 2. The first-order valence-corrected chi connectivity index (χ1v) is 10.8. The van der Waals surface area contributed by atoms with Gasteiger partial charge in [0.1, 0.15) is 12.4 Å². The van der Waals surface area contributed by atoms with Crippen LogP contribution in [-0.4, -0.2) is 28.1 Å². The van der Waals surface area contributed by atoms with E-state index in [1.165, 1.54) is 23.1 Å². The standard InChI is InChI=1S/C18H17N3O2S3/c1-24-17-20-21-18(26-17)25-12-16(22)19-14-7-9-15(10-8-14)23-11-13-5-3-2-4-6-13/h2-10H,11-12H2,1H3,(H,19,22). The van der Waals surface area contributed by atoms with Crippen molar-refractivity contribution >= 4 is 46.5 Å². The van der Waals surface area contributed by atoms with Crippen molar-refractivity contribution in [2.45, 2.75) is 15.3 Å². The summed E-state index contributed by atoms with van der Waals surface area (Å²) in [6.07, 6.45) is 1.95. The van der Waals surface area contributed by atoms with Crippen molar-refractivity contribution in [3.05, 3.63) is 60.2 Å². The lowest BCUT2D eigenvalue weighted by atomic mass is 10.2. The number of thioether (sulfide) groups is 2. The summed E-state index contributed by atoms with van der Waals surface area (Å²) in [5.74, 6) is 0.989. The topological polar surface area (TPSA) is 64.1 Å². The molecule has 2 aromatic carbocycles. The van der Waals surface area contributed by atoms with Gasteiger partial charge in [-0.15, -0.1) is 10.2 Å². The molecule has 1 N–H and O–H groups in total. The van der Waals surface area contributed by atoms with E-state index in [0.29, 0.717) is 12.4 Å². The van der Waals surface area contributed by atoms with Gasteiger partial charge in [-0.05, 0) is 36.1 Å². The number of hydrogen-bond donors (Lipinski definition) is 1. The predicted octanol–water partition coefficient (Wildman–Crippen LogP) is 4.57. The second-order valence-corrected chi connectivity index (χ2v) is 8.43. The van der Waals surface area contributed by atoms with E-state index in [4.69, 9.17) is 4.74 Å². The number of aromatic nitrogens is 2. The average Bonchev–Trinajstić information content (AvgIpc) is 3.15. The van der Waals surface area contributed by atoms with Crippen molar-refractivity contribution in [2.24, 2.45) is 0 Å². The zero-order valence-corrected chi connectivity index (χ0v) is 16.5. The van der Waals surface area contributed by atoms with Gasteiger partial charge >= 0.3 is 0 Å². The third-order valence-electron chi connectivity index (χ3n) is 3.28. The second-order valence-electron chi connectivity index (χ2n) is 5.17. The van der Waals surface area contributed by atoms with Crippen LogP contribution in [0.5, 0.6) is 5.75 Å². The maximum atomic E-state index is 12.0. The molecule has 1 aromatic heterocycles. The van der Waals surface area contributed by atoms with Gasteiger partial charge in [-0.3, -0.25) is 4.79 Å². The predicted molar refractivity (Wildman–Crippen MR) is 108 cm³/mol. The van der Waals surface area contributed by atoms with Gasteiger partial charge in [-0.1, -0.05) is 65.2 Å². The lowest BCUT2D eigenvalue weighted by Gasteiger charge is -2.08. The highest BCUT2D eigenvalue weighted by Gasteiger charge is 2.08. The fourth-order valence-corrected chi connectivity index (χ4v) is 4.28. The number of benzene rings is 2. The smallest absolute Gasteiger partial charge is 0.234 e. The summed E-state index contributed by atoms with van der Waals surface area (Å²) < 4.78 is 7.44. The molecule has 0 unspecified atom stereocenters. The van der Waals surface area contributed by atoms with E-state index in [1.54, 1.807) is 11.8 Å². The van der Waals surface area contributed by atoms with Crippen LogP contribution in [0.2, 0.25) is 0 Å². The summed E-state index contributed by atoms with van der Waals surface area (Å²) in [6, 6.07) is 17.4. The van der Waals surface area contributed by atoms with Crippen LogP contribution in [0.1, 0.15) is 5.56 Å². The first-order valence-electron chi connectivity index (χ1n) is 7.80. The Bertz CT molecular complexity index is 838. The zero-order chi connectivity index (χ0) is 18.2. The molecule has 0 saturated heterocycles. The van der Waals surface area contributed by atoms with Crippen LogP contribution >= 0.6 is 34.9 Å². The summed E-state index contributed by atoms with van der Waals surface area (Å²) in [6.45, 7) is 0.517. The number of hydrogen-bond acceptors (Lipinski definition) is 7. The molecule has 134 valence electrons. The van der Waals surface area contributed by atoms with Crippen LogP contribution in [0.4, 0.5) is 5.69 Å². The molecule has 0 saturated carbocycles. The Balaban J connectivity index is 1.45. The maximum absolute atomic E-state index is 12.0. The highest BCUT2D eigenvalue weighted by Crippen LogP contribution is 2.27. The summed E-state index contributed by atoms with van der Waals surface area (Å²) >= 11 is 4.43. The molecule has 0 spiro atoms. The van der Waals surface area contributed by atoms with Crippen LogP contribution in [0.3, 0.4) is 0 Å². The van der Waals surface area contributed by atoms with Gasteiger partial charge < -0.3 is 10.1 Å². The van der Waals surface area contributed by atoms with E-state index in [-0.39, 0.29) is 5.91 Å². The Morgan fingerprint density at radius 1 is 1.08 bits per heavy atom. The largest absolute Gasteiger partial charge is 0.489 e. The van der Waals surface area contributed by atoms with E-state index < -0.39 is 0 Å². The Labute approximate surface area is 164 Å². The minimum absolute atomic E-state index is 0.0751. The Kier molecular flexibility index (Phi) is 6.93. The van der Waals surface area contributed by atoms with Gasteiger partial charge in [0.2, 0.25) is 5.91 Å². The number of carbonyl (C=O) groups excluding carboxylic acids is 1. The van der Waals surface area contributed by atoms with Crippen LogP contribution in [0.15, 0.2) is 63.3 Å². The quantitative estimate of drug-likeness (QED) is 0.556. The van der Waals surface area contributed by atoms with Crippen molar-refractivity contribution < 1.29 is 9.53 Å². The van der Waals surface area contributed by atoms with Gasteiger partial charge in [-0.25, -0.2) is 0 Å². The summed E-state index contributed by atoms with van der Waals surface area (Å²) in [7, 11) is 0. The minimum Gasteiger partial charge on any atom is -0.489 e. The molecule has 1 heterocycles. The normalized spacial score (nSPS) is 10.5. The number of anilines is 1. The Morgan fingerprint density at radius 3 is 2.50 bits per heavy atom. The van der Waals surface area contributed by atoms with Crippen molar-refractivity contribution in [1.82, 2.24) is 10.2 Å². The maximum Gasteiger partial charge on any atom is 0.234 e. The second kappa shape index (κ2) is 9.61. The molecule has 0 aliphatic heterocycles. The van der Waals surface area contributed by atoms with E-state index in [2.05, 4.69) is 15.5 Å². The van der Waals surface area contributed by atoms with Crippen molar-refractivity contribution in [3.63, 3.8) is 0 Å². The highest BCUT2D eigenvalue weighted by atomic mass is 32.2. The van der Waals surface area contributed by atoms with Gasteiger partial charge in [0.05, 0.1) is 5.75 Å². The first-order chi connectivity index (χ1) is 12.7. The summed E-state index contributed by atoms with van der Waals surface area (Å²) in [4.78, 5) is 12.0. The molecule has 0 aliphatic carbocycles. The third kappa shape index (κ3) is 5.76. The molecule has 1 amide bonds. The van der Waals surface area contributed by atoms with Crippen LogP contribution in [-0.2, 0) is 11.4 Å². The fraction of sp³-hybridized carbons (Fsp3) is 0.167. The van der Waals surface area contributed by atoms with Crippen LogP contribution in [0, 0.1) is 0 Å². The highest BCUT2D eigenvalue weighted by molar-refractivity contribution is 8.03. The number of ether oxygens (including phenoxy) is 1.